The van der Waals surface area contributed by atoms with Crippen molar-refractivity contribution >= 4 is 28.5 Å². The van der Waals surface area contributed by atoms with Crippen molar-refractivity contribution in [2.45, 2.75) is 39.3 Å². The highest BCUT2D eigenvalue weighted by atomic mass is 16.6. The standard InChI is InChI=1S/C18H22N2O4/c1-11(19-17(23)24-18(2,3)4)16(22)20-15-7-5-6-12-8-9-13(21)10-14(12)15/h5-11,21H,1-4H3,(H,19,23)(H,20,22). The molecule has 2 aromatic rings. The van der Waals surface area contributed by atoms with Gasteiger partial charge in [-0.3, -0.25) is 4.79 Å². The van der Waals surface area contributed by atoms with Gasteiger partial charge in [-0.25, -0.2) is 4.79 Å². The Balaban J connectivity index is 2.09. The van der Waals surface area contributed by atoms with Crippen molar-refractivity contribution in [3.8, 4) is 5.75 Å². The van der Waals surface area contributed by atoms with E-state index in [1.165, 1.54) is 0 Å². The largest absolute Gasteiger partial charge is 0.508 e. The Morgan fingerprint density at radius 3 is 2.54 bits per heavy atom. The van der Waals surface area contributed by atoms with Crippen LogP contribution in [0.4, 0.5) is 10.5 Å². The summed E-state index contributed by atoms with van der Waals surface area (Å²) in [5, 5.41) is 16.5. The van der Waals surface area contributed by atoms with Crippen LogP contribution in [0.3, 0.4) is 0 Å². The molecule has 128 valence electrons. The molecule has 0 bridgehead atoms. The molecular weight excluding hydrogens is 308 g/mol. The van der Waals surface area contributed by atoms with Crippen molar-refractivity contribution in [3.63, 3.8) is 0 Å². The SMILES string of the molecule is CC(NC(=O)OC(C)(C)C)C(=O)Nc1cccc2ccc(O)cc12. The topological polar surface area (TPSA) is 87.7 Å². The Bertz CT molecular complexity index is 765. The van der Waals surface area contributed by atoms with Crippen LogP contribution >= 0.6 is 0 Å². The number of hydrogen-bond acceptors (Lipinski definition) is 4. The van der Waals surface area contributed by atoms with Crippen LogP contribution in [0.25, 0.3) is 10.8 Å². The summed E-state index contributed by atoms with van der Waals surface area (Å²) >= 11 is 0. The quantitative estimate of drug-likeness (QED) is 0.805. The molecule has 2 aromatic carbocycles. The summed E-state index contributed by atoms with van der Waals surface area (Å²) in [6.07, 6.45) is -0.652. The highest BCUT2D eigenvalue weighted by molar-refractivity contribution is 6.04. The Morgan fingerprint density at radius 2 is 1.88 bits per heavy atom. The van der Waals surface area contributed by atoms with Crippen LogP contribution in [0.1, 0.15) is 27.7 Å². The van der Waals surface area contributed by atoms with Crippen molar-refractivity contribution in [2.75, 3.05) is 5.32 Å². The van der Waals surface area contributed by atoms with Gasteiger partial charge in [0.2, 0.25) is 5.91 Å². The molecule has 24 heavy (non-hydrogen) atoms. The number of hydrogen-bond donors (Lipinski definition) is 3. The first-order valence-electron chi connectivity index (χ1n) is 7.68. The van der Waals surface area contributed by atoms with E-state index in [9.17, 15) is 14.7 Å². The predicted octanol–water partition coefficient (Wildman–Crippen LogP) is 3.40. The fourth-order valence-corrected chi connectivity index (χ4v) is 2.16. The molecule has 6 nitrogen and oxygen atoms in total. The number of anilines is 1. The molecule has 0 saturated heterocycles. The fraction of sp³-hybridized carbons (Fsp3) is 0.333. The third kappa shape index (κ3) is 4.62. The van der Waals surface area contributed by atoms with Crippen LogP contribution in [0.5, 0.6) is 5.75 Å². The van der Waals surface area contributed by atoms with Crippen LogP contribution in [0, 0.1) is 0 Å². The molecular formula is C18H22N2O4. The molecule has 0 spiro atoms. The Labute approximate surface area is 140 Å². The lowest BCUT2D eigenvalue weighted by Crippen LogP contribution is -2.44. The first-order chi connectivity index (χ1) is 11.2. The molecule has 2 rings (SSSR count). The molecule has 0 aliphatic rings. The van der Waals surface area contributed by atoms with Crippen LogP contribution in [0.2, 0.25) is 0 Å². The summed E-state index contributed by atoms with van der Waals surface area (Å²) in [7, 11) is 0. The van der Waals surface area contributed by atoms with E-state index in [0.717, 1.165) is 10.8 Å². The number of rotatable bonds is 3. The monoisotopic (exact) mass is 330 g/mol. The predicted molar refractivity (Wildman–Crippen MR) is 93.1 cm³/mol. The van der Waals surface area contributed by atoms with E-state index in [-0.39, 0.29) is 11.7 Å². The third-order valence-corrected chi connectivity index (χ3v) is 3.25. The number of benzene rings is 2. The van der Waals surface area contributed by atoms with E-state index in [1.54, 1.807) is 58.0 Å². The number of ether oxygens (including phenoxy) is 1. The maximum Gasteiger partial charge on any atom is 0.408 e. The molecule has 1 atom stereocenters. The minimum atomic E-state index is -0.771. The van der Waals surface area contributed by atoms with Gasteiger partial charge in [-0.05, 0) is 51.3 Å². The highest BCUT2D eigenvalue weighted by Gasteiger charge is 2.21. The van der Waals surface area contributed by atoms with Crippen molar-refractivity contribution in [1.82, 2.24) is 5.32 Å². The summed E-state index contributed by atoms with van der Waals surface area (Å²) in [6, 6.07) is 9.58. The van der Waals surface area contributed by atoms with E-state index in [0.29, 0.717) is 5.69 Å². The number of carbonyl (C=O) groups excluding carboxylic acids is 2. The lowest BCUT2D eigenvalue weighted by molar-refractivity contribution is -0.117. The van der Waals surface area contributed by atoms with Gasteiger partial charge in [-0.15, -0.1) is 0 Å². The van der Waals surface area contributed by atoms with Gasteiger partial charge in [0, 0.05) is 11.1 Å². The number of amides is 2. The van der Waals surface area contributed by atoms with Crippen LogP contribution < -0.4 is 10.6 Å². The second-order valence-corrected chi connectivity index (χ2v) is 6.57. The van der Waals surface area contributed by atoms with Crippen LogP contribution in [-0.2, 0) is 9.53 Å². The second-order valence-electron chi connectivity index (χ2n) is 6.57. The minimum Gasteiger partial charge on any atom is -0.508 e. The van der Waals surface area contributed by atoms with E-state index in [1.807, 2.05) is 6.07 Å². The summed E-state index contributed by atoms with van der Waals surface area (Å²) in [5.74, 6) is -0.263. The van der Waals surface area contributed by atoms with Gasteiger partial charge in [0.15, 0.2) is 0 Å². The lowest BCUT2D eigenvalue weighted by Gasteiger charge is -2.21. The summed E-state index contributed by atoms with van der Waals surface area (Å²) in [4.78, 5) is 24.0. The first-order valence-corrected chi connectivity index (χ1v) is 7.68. The van der Waals surface area contributed by atoms with Crippen LogP contribution in [0.15, 0.2) is 36.4 Å². The van der Waals surface area contributed by atoms with Crippen molar-refractivity contribution in [2.24, 2.45) is 0 Å². The Kier molecular flexibility index (Phi) is 4.97. The van der Waals surface area contributed by atoms with Gasteiger partial charge in [0.1, 0.15) is 17.4 Å². The zero-order valence-corrected chi connectivity index (χ0v) is 14.2. The first kappa shape index (κ1) is 17.6. The van der Waals surface area contributed by atoms with Gasteiger partial charge >= 0.3 is 6.09 Å². The zero-order chi connectivity index (χ0) is 17.9. The second kappa shape index (κ2) is 6.78. The smallest absolute Gasteiger partial charge is 0.408 e. The summed E-state index contributed by atoms with van der Waals surface area (Å²) in [5.41, 5.74) is -0.0702. The lowest BCUT2D eigenvalue weighted by atomic mass is 10.1. The molecule has 0 aliphatic carbocycles. The van der Waals surface area contributed by atoms with Crippen LogP contribution in [-0.4, -0.2) is 28.7 Å². The highest BCUT2D eigenvalue weighted by Crippen LogP contribution is 2.27. The Morgan fingerprint density at radius 1 is 1.17 bits per heavy atom. The number of phenols is 1. The zero-order valence-electron chi connectivity index (χ0n) is 14.2. The average molecular weight is 330 g/mol. The van der Waals surface area contributed by atoms with E-state index < -0.39 is 17.7 Å². The molecule has 0 aliphatic heterocycles. The van der Waals surface area contributed by atoms with Crippen molar-refractivity contribution < 1.29 is 19.4 Å². The molecule has 0 aromatic heterocycles. The van der Waals surface area contributed by atoms with Gasteiger partial charge in [-0.2, -0.15) is 0 Å². The van der Waals surface area contributed by atoms with E-state index in [4.69, 9.17) is 4.74 Å². The minimum absolute atomic E-state index is 0.115. The van der Waals surface area contributed by atoms with Gasteiger partial charge in [-0.1, -0.05) is 18.2 Å². The molecule has 0 saturated carbocycles. The van der Waals surface area contributed by atoms with Crippen molar-refractivity contribution in [3.05, 3.63) is 36.4 Å². The third-order valence-electron chi connectivity index (χ3n) is 3.25. The summed E-state index contributed by atoms with van der Waals surface area (Å²) in [6.45, 7) is 6.82. The molecule has 0 fully saturated rings. The van der Waals surface area contributed by atoms with Crippen molar-refractivity contribution in [1.29, 1.82) is 0 Å². The molecule has 0 radical (unpaired) electrons. The van der Waals surface area contributed by atoms with E-state index in [2.05, 4.69) is 10.6 Å². The molecule has 3 N–H and O–H groups in total. The number of fused-ring (bicyclic) bond motifs is 1. The summed E-state index contributed by atoms with van der Waals surface area (Å²) < 4.78 is 5.13. The number of carbonyl (C=O) groups is 2. The maximum atomic E-state index is 12.3. The molecule has 6 heteroatoms. The average Bonchev–Trinajstić information content (AvgIpc) is 2.45. The number of nitrogens with one attached hydrogen (secondary N) is 2. The molecule has 0 heterocycles. The Hall–Kier alpha value is -2.76. The number of alkyl carbamates (subject to hydrolysis) is 1. The van der Waals surface area contributed by atoms with Gasteiger partial charge in [0.05, 0.1) is 0 Å². The normalized spacial score (nSPS) is 12.5. The maximum absolute atomic E-state index is 12.3. The molecule has 1 unspecified atom stereocenters. The number of aromatic hydroxyl groups is 1. The molecule has 2 amide bonds. The fourth-order valence-electron chi connectivity index (χ4n) is 2.16. The number of phenolic OH excluding ortho intramolecular Hbond substituents is 1. The van der Waals surface area contributed by atoms with E-state index >= 15 is 0 Å². The van der Waals surface area contributed by atoms with Gasteiger partial charge < -0.3 is 20.5 Å². The van der Waals surface area contributed by atoms with Gasteiger partial charge in [0.25, 0.3) is 0 Å².